The van der Waals surface area contributed by atoms with E-state index in [4.69, 9.17) is 5.11 Å². The molecule has 2 unspecified atom stereocenters. The summed E-state index contributed by atoms with van der Waals surface area (Å²) < 4.78 is 4.45. The zero-order valence-electron chi connectivity index (χ0n) is 12.2. The first-order valence-electron chi connectivity index (χ1n) is 6.88. The van der Waals surface area contributed by atoms with Gasteiger partial charge >= 0.3 is 18.0 Å². The maximum atomic E-state index is 12.1. The van der Waals surface area contributed by atoms with E-state index in [1.807, 2.05) is 6.92 Å². The van der Waals surface area contributed by atoms with Crippen LogP contribution in [0.15, 0.2) is 0 Å². The van der Waals surface area contributed by atoms with E-state index in [0.717, 1.165) is 6.42 Å². The number of carbonyl (C=O) groups is 3. The van der Waals surface area contributed by atoms with E-state index in [-0.39, 0.29) is 31.4 Å². The van der Waals surface area contributed by atoms with Crippen LogP contribution in [-0.4, -0.2) is 65.4 Å². The quantitative estimate of drug-likeness (QED) is 0.585. The minimum atomic E-state index is -1.21. The number of carboxylic acids is 1. The maximum Gasteiger partial charge on any atom is 0.326 e. The lowest BCUT2D eigenvalue weighted by molar-refractivity contribution is -0.142. The fraction of sp³-hybridized carbons (Fsp3) is 0.769. The third-order valence-corrected chi connectivity index (χ3v) is 3.79. The van der Waals surface area contributed by atoms with E-state index in [1.54, 1.807) is 0 Å². The molecule has 120 valence electrons. The van der Waals surface area contributed by atoms with E-state index in [0.29, 0.717) is 6.54 Å². The topological polar surface area (TPSA) is 116 Å². The van der Waals surface area contributed by atoms with Crippen molar-refractivity contribution in [3.05, 3.63) is 0 Å². The first-order chi connectivity index (χ1) is 9.90. The van der Waals surface area contributed by atoms with Gasteiger partial charge in [-0.05, 0) is 18.8 Å². The summed E-state index contributed by atoms with van der Waals surface area (Å²) >= 11 is 0. The number of aliphatic carboxylic acids is 1. The molecule has 1 aliphatic heterocycles. The van der Waals surface area contributed by atoms with E-state index in [9.17, 15) is 19.5 Å². The lowest BCUT2D eigenvalue weighted by atomic mass is 10.0. The van der Waals surface area contributed by atoms with E-state index in [2.05, 4.69) is 10.1 Å². The first kappa shape index (κ1) is 17.2. The Labute approximate surface area is 123 Å². The number of hydrogen-bond acceptors (Lipinski definition) is 5. The maximum absolute atomic E-state index is 12.1. The molecule has 1 heterocycles. The first-order valence-corrected chi connectivity index (χ1v) is 6.88. The number of carboxylic acid groups (broad SMARTS) is 1. The van der Waals surface area contributed by atoms with Crippen LogP contribution in [-0.2, 0) is 14.3 Å². The number of hydrogen-bond donors (Lipinski definition) is 3. The number of urea groups is 1. The molecule has 3 N–H and O–H groups in total. The molecule has 0 aromatic rings. The molecule has 2 amide bonds. The standard InChI is InChI=1S/C13H22N2O6/c1-8-5-6-15(10(8)7-16)13(20)14-9(12(18)19)3-4-11(17)21-2/h8-10,16H,3-7H2,1-2H3,(H,14,20)(H,18,19)/t8?,9-,10?/m0/s1. The zero-order chi connectivity index (χ0) is 16.0. The minimum Gasteiger partial charge on any atom is -0.480 e. The molecule has 0 aliphatic carbocycles. The number of aliphatic hydroxyl groups excluding tert-OH is 1. The third kappa shape index (κ3) is 4.59. The minimum absolute atomic E-state index is 0.0407. The summed E-state index contributed by atoms with van der Waals surface area (Å²) in [5, 5.41) is 20.8. The second-order valence-electron chi connectivity index (χ2n) is 5.16. The predicted octanol–water partition coefficient (Wildman–Crippen LogP) is -0.195. The van der Waals surface area contributed by atoms with Gasteiger partial charge in [0.15, 0.2) is 0 Å². The Hall–Kier alpha value is -1.83. The van der Waals surface area contributed by atoms with Crippen LogP contribution in [0.25, 0.3) is 0 Å². The summed E-state index contributed by atoms with van der Waals surface area (Å²) in [4.78, 5) is 35.7. The van der Waals surface area contributed by atoms with E-state index in [1.165, 1.54) is 12.0 Å². The van der Waals surface area contributed by atoms with Gasteiger partial charge in [0.25, 0.3) is 0 Å². The van der Waals surface area contributed by atoms with Crippen LogP contribution in [0.4, 0.5) is 4.79 Å². The van der Waals surface area contributed by atoms with Crippen molar-refractivity contribution in [2.45, 2.75) is 38.3 Å². The second kappa shape index (κ2) is 7.82. The number of carbonyl (C=O) groups excluding carboxylic acids is 2. The predicted molar refractivity (Wildman–Crippen MR) is 72.6 cm³/mol. The Kier molecular flexibility index (Phi) is 6.41. The highest BCUT2D eigenvalue weighted by Gasteiger charge is 2.35. The van der Waals surface area contributed by atoms with Gasteiger partial charge in [0.1, 0.15) is 6.04 Å². The van der Waals surface area contributed by atoms with Gasteiger partial charge in [-0.3, -0.25) is 4.79 Å². The highest BCUT2D eigenvalue weighted by molar-refractivity contribution is 5.83. The van der Waals surface area contributed by atoms with Crippen molar-refractivity contribution in [3.8, 4) is 0 Å². The number of nitrogens with one attached hydrogen (secondary N) is 1. The molecule has 8 heteroatoms. The summed E-state index contributed by atoms with van der Waals surface area (Å²) in [5.41, 5.74) is 0. The molecule has 3 atom stereocenters. The average Bonchev–Trinajstić information content (AvgIpc) is 2.83. The van der Waals surface area contributed by atoms with Crippen molar-refractivity contribution >= 4 is 18.0 Å². The molecule has 1 fully saturated rings. The summed E-state index contributed by atoms with van der Waals surface area (Å²) in [6, 6.07) is -2.00. The number of likely N-dealkylation sites (tertiary alicyclic amines) is 1. The molecule has 21 heavy (non-hydrogen) atoms. The van der Waals surface area contributed by atoms with Crippen LogP contribution in [0, 0.1) is 5.92 Å². The van der Waals surface area contributed by atoms with Crippen LogP contribution >= 0.6 is 0 Å². The Morgan fingerprint density at radius 3 is 2.62 bits per heavy atom. The van der Waals surface area contributed by atoms with Crippen molar-refractivity contribution in [1.82, 2.24) is 10.2 Å². The lowest BCUT2D eigenvalue weighted by Crippen LogP contribution is -2.51. The molecule has 0 radical (unpaired) electrons. The van der Waals surface area contributed by atoms with Gasteiger partial charge in [0.2, 0.25) is 0 Å². The van der Waals surface area contributed by atoms with Gasteiger partial charge < -0.3 is 25.2 Å². The van der Waals surface area contributed by atoms with Gasteiger partial charge in [0, 0.05) is 13.0 Å². The molecule has 0 saturated carbocycles. The van der Waals surface area contributed by atoms with Crippen molar-refractivity contribution in [1.29, 1.82) is 0 Å². The number of ether oxygens (including phenoxy) is 1. The number of esters is 1. The summed E-state index contributed by atoms with van der Waals surface area (Å²) in [6.07, 6.45) is 0.632. The van der Waals surface area contributed by atoms with E-state index < -0.39 is 24.0 Å². The van der Waals surface area contributed by atoms with Gasteiger partial charge in [-0.2, -0.15) is 0 Å². The number of aliphatic hydroxyl groups is 1. The molecule has 0 bridgehead atoms. The molecule has 1 rings (SSSR count). The Morgan fingerprint density at radius 2 is 2.10 bits per heavy atom. The Morgan fingerprint density at radius 1 is 1.43 bits per heavy atom. The molecule has 0 spiro atoms. The third-order valence-electron chi connectivity index (χ3n) is 3.79. The molecular weight excluding hydrogens is 280 g/mol. The SMILES string of the molecule is COC(=O)CC[C@H](NC(=O)N1CCC(C)C1CO)C(=O)O. The van der Waals surface area contributed by atoms with Crippen LogP contribution in [0.5, 0.6) is 0 Å². The van der Waals surface area contributed by atoms with Crippen LogP contribution < -0.4 is 5.32 Å². The number of methoxy groups -OCH3 is 1. The summed E-state index contributed by atoms with van der Waals surface area (Å²) in [5.74, 6) is -1.57. The van der Waals surface area contributed by atoms with Crippen molar-refractivity contribution in [2.75, 3.05) is 20.3 Å². The normalized spacial score (nSPS) is 22.7. The molecule has 0 aromatic heterocycles. The highest BCUT2D eigenvalue weighted by atomic mass is 16.5. The van der Waals surface area contributed by atoms with Crippen LogP contribution in [0.2, 0.25) is 0 Å². The lowest BCUT2D eigenvalue weighted by Gasteiger charge is -2.27. The molecule has 1 aliphatic rings. The number of nitrogens with zero attached hydrogens (tertiary/aromatic N) is 1. The van der Waals surface area contributed by atoms with E-state index >= 15 is 0 Å². The zero-order valence-corrected chi connectivity index (χ0v) is 12.2. The number of rotatable bonds is 6. The molecular formula is C13H22N2O6. The summed E-state index contributed by atoms with van der Waals surface area (Å²) in [6.45, 7) is 2.25. The fourth-order valence-corrected chi connectivity index (χ4v) is 2.39. The molecule has 1 saturated heterocycles. The molecule has 0 aromatic carbocycles. The van der Waals surface area contributed by atoms with Gasteiger partial charge in [0.05, 0.1) is 19.8 Å². The monoisotopic (exact) mass is 302 g/mol. The average molecular weight is 302 g/mol. The largest absolute Gasteiger partial charge is 0.480 e. The Balaban J connectivity index is 2.60. The number of amides is 2. The second-order valence-corrected chi connectivity index (χ2v) is 5.16. The van der Waals surface area contributed by atoms with Crippen LogP contribution in [0.1, 0.15) is 26.2 Å². The van der Waals surface area contributed by atoms with Gasteiger partial charge in [-0.1, -0.05) is 6.92 Å². The van der Waals surface area contributed by atoms with Crippen molar-refractivity contribution < 1.29 is 29.3 Å². The smallest absolute Gasteiger partial charge is 0.326 e. The van der Waals surface area contributed by atoms with Gasteiger partial charge in [-0.15, -0.1) is 0 Å². The van der Waals surface area contributed by atoms with Crippen LogP contribution in [0.3, 0.4) is 0 Å². The van der Waals surface area contributed by atoms with Gasteiger partial charge in [-0.25, -0.2) is 9.59 Å². The van der Waals surface area contributed by atoms with Crippen molar-refractivity contribution in [3.63, 3.8) is 0 Å². The molecule has 8 nitrogen and oxygen atoms in total. The fourth-order valence-electron chi connectivity index (χ4n) is 2.39. The highest BCUT2D eigenvalue weighted by Crippen LogP contribution is 2.23. The Bertz CT molecular complexity index is 400. The summed E-state index contributed by atoms with van der Waals surface area (Å²) in [7, 11) is 1.22. The van der Waals surface area contributed by atoms with Crippen molar-refractivity contribution in [2.24, 2.45) is 5.92 Å².